The van der Waals surface area contributed by atoms with Gasteiger partial charge in [0.2, 0.25) is 0 Å². The van der Waals surface area contributed by atoms with Crippen molar-refractivity contribution in [2.75, 3.05) is 6.61 Å². The zero-order valence-corrected chi connectivity index (χ0v) is 10.8. The molecular formula is C12H12Cl2O3. The zero-order chi connectivity index (χ0) is 12.8. The Morgan fingerprint density at radius 1 is 1.47 bits per heavy atom. The molecule has 0 fully saturated rings. The van der Waals surface area contributed by atoms with Crippen molar-refractivity contribution in [3.63, 3.8) is 0 Å². The standard InChI is InChI=1S/C12H12Cl2O3/c1-2-8(12(15)16)6-7-17-10-5-3-4-9(13)11(10)14/h3-6H,2,7H2,1H3,(H,15,16). The van der Waals surface area contributed by atoms with E-state index >= 15 is 0 Å². The fourth-order valence-electron chi connectivity index (χ4n) is 1.21. The first kappa shape index (κ1) is 13.9. The van der Waals surface area contributed by atoms with Gasteiger partial charge >= 0.3 is 5.97 Å². The van der Waals surface area contributed by atoms with Gasteiger partial charge in [-0.1, -0.05) is 36.2 Å². The molecule has 0 amide bonds. The minimum absolute atomic E-state index is 0.148. The van der Waals surface area contributed by atoms with Crippen molar-refractivity contribution in [3.05, 3.63) is 39.9 Å². The summed E-state index contributed by atoms with van der Waals surface area (Å²) >= 11 is 11.7. The summed E-state index contributed by atoms with van der Waals surface area (Å²) in [6.45, 7) is 1.92. The lowest BCUT2D eigenvalue weighted by Gasteiger charge is -2.07. The lowest BCUT2D eigenvalue weighted by Crippen LogP contribution is -2.03. The van der Waals surface area contributed by atoms with E-state index in [-0.39, 0.29) is 6.61 Å². The van der Waals surface area contributed by atoms with Crippen LogP contribution in [0.3, 0.4) is 0 Å². The van der Waals surface area contributed by atoms with Gasteiger partial charge in [-0.25, -0.2) is 4.79 Å². The van der Waals surface area contributed by atoms with Crippen molar-refractivity contribution in [1.82, 2.24) is 0 Å². The molecule has 1 aromatic rings. The van der Waals surface area contributed by atoms with Gasteiger partial charge in [-0.15, -0.1) is 0 Å². The Labute approximate surface area is 110 Å². The minimum Gasteiger partial charge on any atom is -0.488 e. The molecule has 0 aliphatic heterocycles. The molecule has 0 radical (unpaired) electrons. The molecule has 1 aromatic carbocycles. The number of carboxylic acid groups (broad SMARTS) is 1. The third-order valence-corrected chi connectivity index (χ3v) is 2.94. The van der Waals surface area contributed by atoms with Crippen LogP contribution in [0.25, 0.3) is 0 Å². The topological polar surface area (TPSA) is 46.5 Å². The van der Waals surface area contributed by atoms with Gasteiger partial charge in [0.1, 0.15) is 17.4 Å². The molecule has 3 nitrogen and oxygen atoms in total. The average Bonchev–Trinajstić information content (AvgIpc) is 2.29. The van der Waals surface area contributed by atoms with E-state index in [1.165, 1.54) is 6.08 Å². The van der Waals surface area contributed by atoms with Gasteiger partial charge in [0, 0.05) is 5.57 Å². The third-order valence-electron chi connectivity index (χ3n) is 2.14. The first-order valence-corrected chi connectivity index (χ1v) is 5.81. The summed E-state index contributed by atoms with van der Waals surface area (Å²) in [5.41, 5.74) is 0.308. The number of carbonyl (C=O) groups is 1. The number of carboxylic acids is 1. The van der Waals surface area contributed by atoms with Gasteiger partial charge in [0.05, 0.1) is 5.02 Å². The maximum atomic E-state index is 10.7. The zero-order valence-electron chi connectivity index (χ0n) is 9.24. The predicted octanol–water partition coefficient (Wildman–Crippen LogP) is 3.79. The predicted molar refractivity (Wildman–Crippen MR) is 68.0 cm³/mol. The van der Waals surface area contributed by atoms with Crippen LogP contribution in [0.2, 0.25) is 10.0 Å². The van der Waals surface area contributed by atoms with E-state index in [0.29, 0.717) is 27.8 Å². The van der Waals surface area contributed by atoms with Crippen molar-refractivity contribution in [2.24, 2.45) is 0 Å². The van der Waals surface area contributed by atoms with E-state index < -0.39 is 5.97 Å². The highest BCUT2D eigenvalue weighted by Gasteiger charge is 2.06. The molecule has 0 aliphatic carbocycles. The molecule has 17 heavy (non-hydrogen) atoms. The van der Waals surface area contributed by atoms with E-state index in [0.717, 1.165) is 0 Å². The van der Waals surface area contributed by atoms with Crippen molar-refractivity contribution in [1.29, 1.82) is 0 Å². The number of hydrogen-bond acceptors (Lipinski definition) is 2. The summed E-state index contributed by atoms with van der Waals surface area (Å²) < 4.78 is 5.34. The Kier molecular flexibility index (Phi) is 5.32. The van der Waals surface area contributed by atoms with Crippen molar-refractivity contribution < 1.29 is 14.6 Å². The van der Waals surface area contributed by atoms with Crippen LogP contribution in [0.5, 0.6) is 5.75 Å². The van der Waals surface area contributed by atoms with Gasteiger partial charge in [-0.2, -0.15) is 0 Å². The van der Waals surface area contributed by atoms with Crippen LogP contribution in [0.15, 0.2) is 29.8 Å². The van der Waals surface area contributed by atoms with Gasteiger partial charge in [0.25, 0.3) is 0 Å². The largest absolute Gasteiger partial charge is 0.488 e. The molecule has 92 valence electrons. The molecule has 0 aromatic heterocycles. The maximum absolute atomic E-state index is 10.7. The summed E-state index contributed by atoms with van der Waals surface area (Å²) in [7, 11) is 0. The number of halogens is 2. The Bertz CT molecular complexity index is 441. The molecule has 0 unspecified atom stereocenters. The van der Waals surface area contributed by atoms with E-state index in [4.69, 9.17) is 33.0 Å². The SMILES string of the molecule is CCC(=CCOc1cccc(Cl)c1Cl)C(=O)O. The van der Waals surface area contributed by atoms with Crippen LogP contribution in [-0.2, 0) is 4.79 Å². The lowest BCUT2D eigenvalue weighted by molar-refractivity contribution is -0.132. The smallest absolute Gasteiger partial charge is 0.331 e. The van der Waals surface area contributed by atoms with Crippen LogP contribution in [0.4, 0.5) is 0 Å². The van der Waals surface area contributed by atoms with Crippen molar-refractivity contribution >= 4 is 29.2 Å². The number of ether oxygens (including phenoxy) is 1. The monoisotopic (exact) mass is 274 g/mol. The molecule has 0 atom stereocenters. The highest BCUT2D eigenvalue weighted by Crippen LogP contribution is 2.31. The summed E-state index contributed by atoms with van der Waals surface area (Å²) in [6, 6.07) is 5.04. The van der Waals surface area contributed by atoms with Gasteiger partial charge in [0.15, 0.2) is 0 Å². The fourth-order valence-corrected chi connectivity index (χ4v) is 1.56. The van der Waals surface area contributed by atoms with Crippen molar-refractivity contribution in [2.45, 2.75) is 13.3 Å². The van der Waals surface area contributed by atoms with Gasteiger partial charge in [-0.3, -0.25) is 0 Å². The second-order valence-electron chi connectivity index (χ2n) is 3.25. The van der Waals surface area contributed by atoms with E-state index in [1.54, 1.807) is 25.1 Å². The highest BCUT2D eigenvalue weighted by atomic mass is 35.5. The van der Waals surface area contributed by atoms with Gasteiger partial charge in [-0.05, 0) is 24.6 Å². The first-order chi connectivity index (χ1) is 8.06. The second kappa shape index (κ2) is 6.52. The molecule has 0 saturated heterocycles. The van der Waals surface area contributed by atoms with E-state index in [9.17, 15) is 4.79 Å². The fraction of sp³-hybridized carbons (Fsp3) is 0.250. The maximum Gasteiger partial charge on any atom is 0.331 e. The van der Waals surface area contributed by atoms with E-state index in [1.807, 2.05) is 0 Å². The summed E-state index contributed by atoms with van der Waals surface area (Å²) in [5, 5.41) is 9.53. The molecule has 0 spiro atoms. The van der Waals surface area contributed by atoms with Crippen LogP contribution in [0.1, 0.15) is 13.3 Å². The van der Waals surface area contributed by atoms with Crippen molar-refractivity contribution in [3.8, 4) is 5.75 Å². The van der Waals surface area contributed by atoms with Crippen LogP contribution in [0, 0.1) is 0 Å². The highest BCUT2D eigenvalue weighted by molar-refractivity contribution is 6.42. The van der Waals surface area contributed by atoms with Crippen LogP contribution in [-0.4, -0.2) is 17.7 Å². The van der Waals surface area contributed by atoms with Crippen LogP contribution < -0.4 is 4.74 Å². The number of aliphatic carboxylic acids is 1. The van der Waals surface area contributed by atoms with Gasteiger partial charge < -0.3 is 9.84 Å². The molecule has 0 aliphatic rings. The number of hydrogen-bond donors (Lipinski definition) is 1. The Morgan fingerprint density at radius 3 is 2.76 bits per heavy atom. The number of rotatable bonds is 5. The summed E-state index contributed by atoms with van der Waals surface area (Å²) in [6.07, 6.45) is 1.96. The molecule has 5 heteroatoms. The normalized spacial score (nSPS) is 11.4. The molecule has 0 bridgehead atoms. The molecule has 0 heterocycles. The summed E-state index contributed by atoms with van der Waals surface area (Å²) in [5.74, 6) is -0.496. The first-order valence-electron chi connectivity index (χ1n) is 5.05. The van der Waals surface area contributed by atoms with E-state index in [2.05, 4.69) is 0 Å². The Hall–Kier alpha value is -1.19. The third kappa shape index (κ3) is 3.95. The molecule has 1 rings (SSSR count). The Balaban J connectivity index is 2.68. The quantitative estimate of drug-likeness (QED) is 0.831. The average molecular weight is 275 g/mol. The molecule has 0 saturated carbocycles. The Morgan fingerprint density at radius 2 is 2.18 bits per heavy atom. The van der Waals surface area contributed by atoms with Crippen LogP contribution >= 0.6 is 23.2 Å². The lowest BCUT2D eigenvalue weighted by atomic mass is 10.2. The molecule has 1 N–H and O–H groups in total. The summed E-state index contributed by atoms with van der Waals surface area (Å²) in [4.78, 5) is 10.7. The molecular weight excluding hydrogens is 263 g/mol. The second-order valence-corrected chi connectivity index (χ2v) is 4.04. The minimum atomic E-state index is -0.937. The number of benzene rings is 1.